The fraction of sp³-hybridized carbons (Fsp3) is 1.00. The van der Waals surface area contributed by atoms with Crippen molar-refractivity contribution in [3.8, 4) is 0 Å². The Morgan fingerprint density at radius 3 is 2.52 bits per heavy atom. The van der Waals surface area contributed by atoms with Crippen LogP contribution in [0.25, 0.3) is 0 Å². The van der Waals surface area contributed by atoms with Crippen LogP contribution in [0.4, 0.5) is 0 Å². The van der Waals surface area contributed by atoms with Gasteiger partial charge in [0, 0.05) is 6.42 Å². The van der Waals surface area contributed by atoms with E-state index in [2.05, 4.69) is 0 Å². The molecule has 1 atom stereocenters. The molecule has 8 heteroatoms. The molecule has 1 aliphatic heterocycles. The van der Waals surface area contributed by atoms with E-state index < -0.39 is 0 Å². The molecule has 0 spiro atoms. The van der Waals surface area contributed by atoms with Crippen LogP contribution < -0.4 is 0 Å². The molecule has 21 heavy (non-hydrogen) atoms. The summed E-state index contributed by atoms with van der Waals surface area (Å²) in [6.07, 6.45) is 0.800. The first-order chi connectivity index (χ1) is 10.2. The number of hydrogen-bond donors (Lipinski definition) is 0. The van der Waals surface area contributed by atoms with Crippen molar-refractivity contribution in [3.63, 3.8) is 0 Å². The van der Waals surface area contributed by atoms with Crippen molar-refractivity contribution < 1.29 is 27.0 Å². The monoisotopic (exact) mass is 419 g/mol. The Hall–Kier alpha value is 0.450. The van der Waals surface area contributed by atoms with Crippen molar-refractivity contribution >= 4 is 23.0 Å². The molecule has 1 fully saturated rings. The van der Waals surface area contributed by atoms with Crippen molar-refractivity contribution in [2.24, 2.45) is 0 Å². The van der Waals surface area contributed by atoms with Crippen molar-refractivity contribution in [1.29, 1.82) is 0 Å². The Morgan fingerprint density at radius 1 is 1.05 bits per heavy atom. The number of hydroxylamine groups is 2. The van der Waals surface area contributed by atoms with Gasteiger partial charge in [-0.25, -0.2) is 0 Å². The molecule has 0 aromatic rings. The summed E-state index contributed by atoms with van der Waals surface area (Å²) in [5.74, 6) is 0. The minimum atomic E-state index is 0.0263. The van der Waals surface area contributed by atoms with E-state index >= 15 is 0 Å². The summed E-state index contributed by atoms with van der Waals surface area (Å²) >= 11 is 1.85. The van der Waals surface area contributed by atoms with Gasteiger partial charge in [0.2, 0.25) is 0 Å². The van der Waals surface area contributed by atoms with Gasteiger partial charge < -0.3 is 17.3 Å². The quantitative estimate of drug-likeness (QED) is 0.417. The highest BCUT2D eigenvalue weighted by molar-refractivity contribution is 14.1. The fourth-order valence-corrected chi connectivity index (χ4v) is 1.87. The normalized spacial score (nSPS) is 22.0. The highest BCUT2D eigenvalue weighted by Gasteiger charge is 2.17. The van der Waals surface area contributed by atoms with Gasteiger partial charge in [-0.1, -0.05) is 5.23 Å². The molecule has 1 rings (SSSR count). The van der Waals surface area contributed by atoms with Gasteiger partial charge in [0.1, 0.15) is 23.0 Å². The number of halogens is 1. The van der Waals surface area contributed by atoms with Crippen LogP contribution in [-0.4, -0.2) is 70.2 Å². The van der Waals surface area contributed by atoms with Crippen LogP contribution >= 0.6 is 23.0 Å². The first-order valence-electron chi connectivity index (χ1n) is 7.29. The van der Waals surface area contributed by atoms with E-state index in [4.69, 9.17) is 27.0 Å². The maximum absolute atomic E-state index is 5.72. The lowest BCUT2D eigenvalue weighted by molar-refractivity contribution is -0.382. The molecule has 126 valence electrons. The molecule has 1 unspecified atom stereocenters. The fourth-order valence-electron chi connectivity index (χ4n) is 1.69. The Morgan fingerprint density at radius 2 is 1.76 bits per heavy atom. The molecule has 7 nitrogen and oxygen atoms in total. The van der Waals surface area contributed by atoms with Crippen LogP contribution in [0.15, 0.2) is 0 Å². The molecule has 0 aromatic heterocycles. The Labute approximate surface area is 140 Å². The minimum absolute atomic E-state index is 0.0263. The van der Waals surface area contributed by atoms with Gasteiger partial charge in [-0.2, -0.15) is 0 Å². The lowest BCUT2D eigenvalue weighted by Crippen LogP contribution is -2.32. The van der Waals surface area contributed by atoms with E-state index in [1.54, 1.807) is 0 Å². The van der Waals surface area contributed by atoms with Gasteiger partial charge >= 0.3 is 0 Å². The Bertz CT molecular complexity index is 247. The molecular weight excluding hydrogens is 393 g/mol. The smallest absolute Gasteiger partial charge is 0.109 e. The molecule has 0 bridgehead atoms. The minimum Gasteiger partial charge on any atom is -0.377 e. The zero-order valence-corrected chi connectivity index (χ0v) is 15.0. The summed E-state index contributed by atoms with van der Waals surface area (Å²) in [4.78, 5) is 11.0. The maximum atomic E-state index is 5.72. The first-order valence-corrected chi connectivity index (χ1v) is 8.17. The van der Waals surface area contributed by atoms with Crippen LogP contribution in [0.2, 0.25) is 0 Å². The van der Waals surface area contributed by atoms with Crippen LogP contribution in [0, 0.1) is 0 Å². The summed E-state index contributed by atoms with van der Waals surface area (Å²) in [6.45, 7) is 8.43. The number of hydrogen-bond acceptors (Lipinski definition) is 7. The second kappa shape index (κ2) is 12.9. The Kier molecular flexibility index (Phi) is 12.0. The standard InChI is InChI=1S/C13H26INO6/c1-12(2)15-20-4-3-13(18-8-10-21-15)11-17-6-5-16-7-9-19-14/h12-13H,3-11H2,1-2H3. The van der Waals surface area contributed by atoms with Crippen LogP contribution in [0.5, 0.6) is 0 Å². The predicted molar refractivity (Wildman–Crippen MR) is 84.8 cm³/mol. The Balaban J connectivity index is 2.09. The van der Waals surface area contributed by atoms with Gasteiger partial charge in [0.25, 0.3) is 0 Å². The SMILES string of the molecule is CC(C)N1OCCOC(COCCOCCOI)CCO1. The summed E-state index contributed by atoms with van der Waals surface area (Å²) in [5.41, 5.74) is 0. The zero-order valence-electron chi connectivity index (χ0n) is 12.8. The molecule has 0 aliphatic carbocycles. The van der Waals surface area contributed by atoms with Crippen LogP contribution in [0.1, 0.15) is 20.3 Å². The molecule has 0 saturated carbocycles. The van der Waals surface area contributed by atoms with E-state index in [1.807, 2.05) is 36.9 Å². The lowest BCUT2D eigenvalue weighted by Gasteiger charge is -2.23. The molecule has 0 radical (unpaired) electrons. The topological polar surface area (TPSA) is 58.6 Å². The van der Waals surface area contributed by atoms with Crippen molar-refractivity contribution in [3.05, 3.63) is 0 Å². The van der Waals surface area contributed by atoms with Gasteiger partial charge in [0.05, 0.1) is 65.0 Å². The maximum Gasteiger partial charge on any atom is 0.109 e. The van der Waals surface area contributed by atoms with E-state index in [-0.39, 0.29) is 12.1 Å². The average molecular weight is 419 g/mol. The largest absolute Gasteiger partial charge is 0.377 e. The van der Waals surface area contributed by atoms with E-state index in [0.717, 1.165) is 6.42 Å². The highest BCUT2D eigenvalue weighted by Crippen LogP contribution is 2.08. The molecule has 0 amide bonds. The highest BCUT2D eigenvalue weighted by atomic mass is 127. The third-order valence-electron chi connectivity index (χ3n) is 2.72. The molecule has 1 saturated heterocycles. The summed E-state index contributed by atoms with van der Waals surface area (Å²) in [6, 6.07) is 0.182. The van der Waals surface area contributed by atoms with E-state index in [9.17, 15) is 0 Å². The first kappa shape index (κ1) is 19.5. The lowest BCUT2D eigenvalue weighted by atomic mass is 10.3. The molecule has 1 aliphatic rings. The second-order valence-corrected chi connectivity index (χ2v) is 5.45. The van der Waals surface area contributed by atoms with E-state index in [0.29, 0.717) is 52.9 Å². The molecule has 0 aromatic carbocycles. The van der Waals surface area contributed by atoms with Crippen LogP contribution in [-0.2, 0) is 27.0 Å². The van der Waals surface area contributed by atoms with Crippen molar-refractivity contribution in [1.82, 2.24) is 5.23 Å². The second-order valence-electron chi connectivity index (χ2n) is 4.83. The molecule has 1 heterocycles. The van der Waals surface area contributed by atoms with Crippen molar-refractivity contribution in [2.75, 3.05) is 52.9 Å². The van der Waals surface area contributed by atoms with Gasteiger partial charge in [-0.05, 0) is 13.8 Å². The van der Waals surface area contributed by atoms with Gasteiger partial charge in [0.15, 0.2) is 0 Å². The number of ether oxygens (including phenoxy) is 3. The van der Waals surface area contributed by atoms with Crippen LogP contribution in [0.3, 0.4) is 0 Å². The van der Waals surface area contributed by atoms with Crippen molar-refractivity contribution in [2.45, 2.75) is 32.4 Å². The van der Waals surface area contributed by atoms with Gasteiger partial charge in [-0.3, -0.25) is 9.68 Å². The average Bonchev–Trinajstić information content (AvgIpc) is 2.58. The third-order valence-corrected chi connectivity index (χ3v) is 3.16. The molecular formula is C13H26INO6. The van der Waals surface area contributed by atoms with Gasteiger partial charge in [-0.15, -0.1) is 0 Å². The van der Waals surface area contributed by atoms with E-state index in [1.165, 1.54) is 5.23 Å². The summed E-state index contributed by atoms with van der Waals surface area (Å²) in [7, 11) is 0. The number of rotatable bonds is 9. The predicted octanol–water partition coefficient (Wildman–Crippen LogP) is 1.75. The summed E-state index contributed by atoms with van der Waals surface area (Å²) < 4.78 is 21.5. The summed E-state index contributed by atoms with van der Waals surface area (Å²) in [5, 5.41) is 1.54. The number of nitrogens with zero attached hydrogens (tertiary/aromatic N) is 1. The third kappa shape index (κ3) is 9.95. The zero-order chi connectivity index (χ0) is 15.3. The molecule has 0 N–H and O–H groups in total.